The maximum atomic E-state index is 13.5. The summed E-state index contributed by atoms with van der Waals surface area (Å²) < 4.78 is 6.56. The Bertz CT molecular complexity index is 1240. The molecule has 0 aromatic rings. The zero-order valence-corrected chi connectivity index (χ0v) is 34.4. The standard InChI is InChI=1S/C45H76N4O5/c1-28-23-31(11-21-41(28)46-4)25-32-12-22-42(29(2)24-32)49-45(53)36-10-6-9-35(27-36)44(52)48-38-15-19-40(20-16-38)54-39-17-13-37(14-18-39)47-43(51)34-8-5-7-33(26-34)30(3)50/h28-29,31-42,46H,5-27H2,1-4H3,(H,47,51)(H,48,52)(H,49,53). The van der Waals surface area contributed by atoms with Gasteiger partial charge in [0.15, 0.2) is 0 Å². The number of amides is 3. The van der Waals surface area contributed by atoms with E-state index in [2.05, 4.69) is 42.2 Å². The van der Waals surface area contributed by atoms with Crippen molar-refractivity contribution < 1.29 is 23.9 Å². The van der Waals surface area contributed by atoms with Gasteiger partial charge in [-0.2, -0.15) is 0 Å². The van der Waals surface area contributed by atoms with E-state index < -0.39 is 0 Å². The van der Waals surface area contributed by atoms with Gasteiger partial charge in [0.2, 0.25) is 17.7 Å². The van der Waals surface area contributed by atoms with Crippen molar-refractivity contribution >= 4 is 23.5 Å². The van der Waals surface area contributed by atoms with Crippen LogP contribution in [-0.2, 0) is 23.9 Å². The van der Waals surface area contributed by atoms with Crippen LogP contribution in [0, 0.1) is 47.3 Å². The number of ketones is 1. The van der Waals surface area contributed by atoms with Crippen molar-refractivity contribution in [3.63, 3.8) is 0 Å². The molecule has 9 heteroatoms. The van der Waals surface area contributed by atoms with E-state index in [0.29, 0.717) is 24.8 Å². The Morgan fingerprint density at radius 3 is 1.37 bits per heavy atom. The monoisotopic (exact) mass is 753 g/mol. The molecule has 6 aliphatic carbocycles. The summed E-state index contributed by atoms with van der Waals surface area (Å²) in [6.07, 6.45) is 23.9. The lowest BCUT2D eigenvalue weighted by Crippen LogP contribution is -2.47. The average molecular weight is 753 g/mol. The summed E-state index contributed by atoms with van der Waals surface area (Å²) in [4.78, 5) is 51.8. The summed E-state index contributed by atoms with van der Waals surface area (Å²) in [6.45, 7) is 6.41. The molecule has 4 N–H and O–H groups in total. The molecule has 6 aliphatic rings. The Labute approximate surface area is 327 Å². The number of ether oxygens (including phenoxy) is 1. The van der Waals surface area contributed by atoms with Crippen LogP contribution in [-0.4, -0.2) is 66.9 Å². The fraction of sp³-hybridized carbons (Fsp3) is 0.911. The number of hydrogen-bond acceptors (Lipinski definition) is 6. The molecular formula is C45H76N4O5. The zero-order valence-electron chi connectivity index (χ0n) is 34.4. The van der Waals surface area contributed by atoms with Crippen LogP contribution in [0.1, 0.15) is 168 Å². The van der Waals surface area contributed by atoms with E-state index in [1.54, 1.807) is 6.92 Å². The lowest BCUT2D eigenvalue weighted by molar-refractivity contribution is -0.132. The number of Topliss-reactive ketones (excluding diaryl/α,β-unsaturated/α-hetero) is 1. The summed E-state index contributed by atoms with van der Waals surface area (Å²) in [5.41, 5.74) is 0. The molecule has 0 aromatic heterocycles. The van der Waals surface area contributed by atoms with Gasteiger partial charge in [-0.15, -0.1) is 0 Å². The Balaban J connectivity index is 0.841. The molecule has 0 saturated heterocycles. The highest BCUT2D eigenvalue weighted by Gasteiger charge is 2.37. The summed E-state index contributed by atoms with van der Waals surface area (Å²) in [5, 5.41) is 13.7. The maximum Gasteiger partial charge on any atom is 0.223 e. The van der Waals surface area contributed by atoms with Crippen molar-refractivity contribution in [1.82, 2.24) is 21.3 Å². The molecule has 6 rings (SSSR count). The van der Waals surface area contributed by atoms with Crippen LogP contribution in [0.5, 0.6) is 0 Å². The highest BCUT2D eigenvalue weighted by Crippen LogP contribution is 2.40. The molecule has 6 fully saturated rings. The SMILES string of the molecule is CNC1CCC(CC2CCC(NC(=O)C3CCCC(C(=O)NC4CCC(OC5CCC(NC(=O)C6CCCC(C(C)=O)C6)CC5)CC4)C3)C(C)C2)CC1C. The van der Waals surface area contributed by atoms with Gasteiger partial charge in [-0.25, -0.2) is 0 Å². The van der Waals surface area contributed by atoms with E-state index in [1.165, 1.54) is 38.5 Å². The van der Waals surface area contributed by atoms with Gasteiger partial charge in [0.05, 0.1) is 12.2 Å². The topological polar surface area (TPSA) is 126 Å². The van der Waals surface area contributed by atoms with E-state index in [1.807, 2.05) is 0 Å². The lowest BCUT2D eigenvalue weighted by atomic mass is 9.70. The van der Waals surface area contributed by atoms with Crippen molar-refractivity contribution in [2.24, 2.45) is 47.3 Å². The molecule has 9 nitrogen and oxygen atoms in total. The van der Waals surface area contributed by atoms with Crippen molar-refractivity contribution in [2.45, 2.75) is 205 Å². The van der Waals surface area contributed by atoms with Crippen LogP contribution in [0.3, 0.4) is 0 Å². The Kier molecular flexibility index (Phi) is 15.4. The molecular weight excluding hydrogens is 677 g/mol. The number of carbonyl (C=O) groups is 4. The molecule has 0 aromatic carbocycles. The first-order chi connectivity index (χ1) is 26.0. The van der Waals surface area contributed by atoms with Gasteiger partial charge in [0.25, 0.3) is 0 Å². The molecule has 54 heavy (non-hydrogen) atoms. The number of hydrogen-bond donors (Lipinski definition) is 4. The second-order valence-corrected chi connectivity index (χ2v) is 19.4. The van der Waals surface area contributed by atoms with Crippen LogP contribution in [0.4, 0.5) is 0 Å². The highest BCUT2D eigenvalue weighted by atomic mass is 16.5. The van der Waals surface area contributed by atoms with Gasteiger partial charge >= 0.3 is 0 Å². The van der Waals surface area contributed by atoms with Crippen molar-refractivity contribution in [3.8, 4) is 0 Å². The second-order valence-electron chi connectivity index (χ2n) is 19.4. The van der Waals surface area contributed by atoms with Crippen molar-refractivity contribution in [3.05, 3.63) is 0 Å². The average Bonchev–Trinajstić information content (AvgIpc) is 3.17. The Morgan fingerprint density at radius 2 is 0.926 bits per heavy atom. The molecule has 0 bridgehead atoms. The van der Waals surface area contributed by atoms with E-state index in [4.69, 9.17) is 4.74 Å². The van der Waals surface area contributed by atoms with Crippen LogP contribution >= 0.6 is 0 Å². The first-order valence-electron chi connectivity index (χ1n) is 22.8. The fourth-order valence-electron chi connectivity index (χ4n) is 11.9. The minimum Gasteiger partial charge on any atom is -0.375 e. The number of nitrogens with one attached hydrogen (secondary N) is 4. The number of rotatable bonds is 12. The molecule has 10 unspecified atom stereocenters. The first kappa shape index (κ1) is 41.6. The minimum atomic E-state index is -0.0682. The summed E-state index contributed by atoms with van der Waals surface area (Å²) >= 11 is 0. The highest BCUT2D eigenvalue weighted by molar-refractivity contribution is 5.83. The number of carbonyl (C=O) groups excluding carboxylic acids is 4. The third-order valence-corrected chi connectivity index (χ3v) is 15.4. The van der Waals surface area contributed by atoms with E-state index in [0.717, 1.165) is 114 Å². The van der Waals surface area contributed by atoms with E-state index in [-0.39, 0.29) is 77.5 Å². The second kappa shape index (κ2) is 19.9. The smallest absolute Gasteiger partial charge is 0.223 e. The maximum absolute atomic E-state index is 13.5. The van der Waals surface area contributed by atoms with Gasteiger partial charge in [0, 0.05) is 47.8 Å². The van der Waals surface area contributed by atoms with Gasteiger partial charge in [-0.05, 0) is 172 Å². The third kappa shape index (κ3) is 11.5. The predicted octanol–water partition coefficient (Wildman–Crippen LogP) is 7.39. The van der Waals surface area contributed by atoms with Crippen LogP contribution in [0.2, 0.25) is 0 Å². The van der Waals surface area contributed by atoms with Crippen molar-refractivity contribution in [1.29, 1.82) is 0 Å². The molecule has 306 valence electrons. The van der Waals surface area contributed by atoms with Crippen LogP contribution < -0.4 is 21.3 Å². The van der Waals surface area contributed by atoms with Crippen molar-refractivity contribution in [2.75, 3.05) is 7.05 Å². The normalized spacial score (nSPS) is 40.6. The minimum absolute atomic E-state index is 0.0208. The van der Waals surface area contributed by atoms with E-state index in [9.17, 15) is 19.2 Å². The quantitative estimate of drug-likeness (QED) is 0.165. The third-order valence-electron chi connectivity index (χ3n) is 15.4. The van der Waals surface area contributed by atoms with Gasteiger partial charge < -0.3 is 26.0 Å². The molecule has 0 spiro atoms. The summed E-state index contributed by atoms with van der Waals surface area (Å²) in [7, 11) is 2.11. The predicted molar refractivity (Wildman–Crippen MR) is 213 cm³/mol. The van der Waals surface area contributed by atoms with Gasteiger partial charge in [0.1, 0.15) is 5.78 Å². The summed E-state index contributed by atoms with van der Waals surface area (Å²) in [5.74, 6) is 3.53. The summed E-state index contributed by atoms with van der Waals surface area (Å²) in [6, 6.07) is 1.35. The molecule has 3 amide bonds. The van der Waals surface area contributed by atoms with Crippen LogP contribution in [0.25, 0.3) is 0 Å². The molecule has 6 saturated carbocycles. The fourth-order valence-corrected chi connectivity index (χ4v) is 11.9. The largest absolute Gasteiger partial charge is 0.375 e. The first-order valence-corrected chi connectivity index (χ1v) is 22.8. The zero-order chi connectivity index (χ0) is 38.2. The van der Waals surface area contributed by atoms with Crippen LogP contribution in [0.15, 0.2) is 0 Å². The van der Waals surface area contributed by atoms with E-state index >= 15 is 0 Å². The lowest BCUT2D eigenvalue weighted by Gasteiger charge is -2.40. The molecule has 10 atom stereocenters. The van der Waals surface area contributed by atoms with Gasteiger partial charge in [-0.1, -0.05) is 26.7 Å². The van der Waals surface area contributed by atoms with Gasteiger partial charge in [-0.3, -0.25) is 19.2 Å². The molecule has 0 radical (unpaired) electrons. The molecule has 0 aliphatic heterocycles. The Hall–Kier alpha value is -2.00. The molecule has 0 heterocycles. The Morgan fingerprint density at radius 1 is 0.500 bits per heavy atom.